The number of rotatable bonds is 10. The molecule has 0 aliphatic carbocycles. The quantitative estimate of drug-likeness (QED) is 0.410. The van der Waals surface area contributed by atoms with Crippen LogP contribution < -0.4 is 0 Å². The molecular formula is C18H32N+. The van der Waals surface area contributed by atoms with Crippen LogP contribution in [0.4, 0.5) is 0 Å². The summed E-state index contributed by atoms with van der Waals surface area (Å²) < 4.78 is 1.18. The van der Waals surface area contributed by atoms with Crippen molar-refractivity contribution in [3.8, 4) is 0 Å². The molecule has 1 unspecified atom stereocenters. The summed E-state index contributed by atoms with van der Waals surface area (Å²) in [5, 5.41) is 0. The molecule has 0 aliphatic rings. The van der Waals surface area contributed by atoms with E-state index in [-0.39, 0.29) is 0 Å². The van der Waals surface area contributed by atoms with Crippen molar-refractivity contribution >= 4 is 0 Å². The van der Waals surface area contributed by atoms with Gasteiger partial charge in [-0.25, -0.2) is 0 Å². The van der Waals surface area contributed by atoms with Gasteiger partial charge in [-0.1, -0.05) is 62.9 Å². The van der Waals surface area contributed by atoms with E-state index in [0.29, 0.717) is 0 Å². The van der Waals surface area contributed by atoms with E-state index in [4.69, 9.17) is 0 Å². The molecule has 0 radical (unpaired) electrons. The standard InChI is InChI=1S/C18H32N/c1-4-6-7-8-9-13-16-19(3,5-2)17-18-14-11-10-12-15-18/h10-12,14-15H,4-9,13,16-17H2,1-3H3/q+1. The van der Waals surface area contributed by atoms with E-state index >= 15 is 0 Å². The first-order chi connectivity index (χ1) is 9.20. The molecule has 0 N–H and O–H groups in total. The van der Waals surface area contributed by atoms with Gasteiger partial charge in [-0.3, -0.25) is 0 Å². The minimum atomic E-state index is 1.17. The van der Waals surface area contributed by atoms with Crippen molar-refractivity contribution in [3.05, 3.63) is 35.9 Å². The third kappa shape index (κ3) is 6.77. The summed E-state index contributed by atoms with van der Waals surface area (Å²) >= 11 is 0. The van der Waals surface area contributed by atoms with Crippen molar-refractivity contribution < 1.29 is 4.48 Å². The summed E-state index contributed by atoms with van der Waals surface area (Å²) in [6.45, 7) is 8.32. The van der Waals surface area contributed by atoms with Gasteiger partial charge in [0.15, 0.2) is 0 Å². The molecule has 0 fully saturated rings. The molecular weight excluding hydrogens is 230 g/mol. The largest absolute Gasteiger partial charge is 0.323 e. The number of quaternary nitrogens is 1. The van der Waals surface area contributed by atoms with Gasteiger partial charge in [0, 0.05) is 5.56 Å². The van der Waals surface area contributed by atoms with Crippen molar-refractivity contribution in [1.29, 1.82) is 0 Å². The molecule has 0 spiro atoms. The smallest absolute Gasteiger partial charge is 0.104 e. The van der Waals surface area contributed by atoms with Crippen molar-refractivity contribution in [1.82, 2.24) is 0 Å². The van der Waals surface area contributed by atoms with E-state index in [1.54, 1.807) is 0 Å². The zero-order chi connectivity index (χ0) is 14.0. The van der Waals surface area contributed by atoms with Crippen molar-refractivity contribution in [2.45, 2.75) is 58.9 Å². The number of nitrogens with zero attached hydrogens (tertiary/aromatic N) is 1. The highest BCUT2D eigenvalue weighted by Gasteiger charge is 2.18. The zero-order valence-electron chi connectivity index (χ0n) is 13.2. The number of benzene rings is 1. The lowest BCUT2D eigenvalue weighted by atomic mass is 10.1. The van der Waals surface area contributed by atoms with Crippen LogP contribution in [0, 0.1) is 0 Å². The van der Waals surface area contributed by atoms with Crippen LogP contribution in [-0.4, -0.2) is 24.6 Å². The molecule has 0 saturated heterocycles. The molecule has 1 nitrogen and oxygen atoms in total. The molecule has 1 aromatic rings. The average molecular weight is 262 g/mol. The predicted molar refractivity (Wildman–Crippen MR) is 85.1 cm³/mol. The molecule has 1 rings (SSSR count). The van der Waals surface area contributed by atoms with E-state index in [9.17, 15) is 0 Å². The second-order valence-corrected chi connectivity index (χ2v) is 6.07. The fraction of sp³-hybridized carbons (Fsp3) is 0.667. The van der Waals surface area contributed by atoms with Crippen molar-refractivity contribution in [3.63, 3.8) is 0 Å². The zero-order valence-corrected chi connectivity index (χ0v) is 13.2. The van der Waals surface area contributed by atoms with Gasteiger partial charge in [0.2, 0.25) is 0 Å². The third-order valence-corrected chi connectivity index (χ3v) is 4.22. The van der Waals surface area contributed by atoms with Gasteiger partial charge < -0.3 is 4.48 Å². The second-order valence-electron chi connectivity index (χ2n) is 6.07. The Morgan fingerprint density at radius 2 is 1.47 bits per heavy atom. The average Bonchev–Trinajstić information content (AvgIpc) is 2.44. The molecule has 1 aromatic carbocycles. The Balaban J connectivity index is 2.30. The third-order valence-electron chi connectivity index (χ3n) is 4.22. The maximum Gasteiger partial charge on any atom is 0.104 e. The number of hydrogen-bond acceptors (Lipinski definition) is 0. The minimum absolute atomic E-state index is 1.17. The Morgan fingerprint density at radius 3 is 2.11 bits per heavy atom. The monoisotopic (exact) mass is 262 g/mol. The summed E-state index contributed by atoms with van der Waals surface area (Å²) in [4.78, 5) is 0. The Kier molecular flexibility index (Phi) is 7.81. The first-order valence-electron chi connectivity index (χ1n) is 8.07. The highest BCUT2D eigenvalue weighted by Crippen LogP contribution is 2.14. The van der Waals surface area contributed by atoms with E-state index in [2.05, 4.69) is 51.2 Å². The summed E-state index contributed by atoms with van der Waals surface area (Å²) in [5.41, 5.74) is 1.47. The molecule has 1 heteroatoms. The molecule has 0 aromatic heterocycles. The highest BCUT2D eigenvalue weighted by atomic mass is 15.3. The lowest BCUT2D eigenvalue weighted by molar-refractivity contribution is -0.921. The Hall–Kier alpha value is -0.820. The lowest BCUT2D eigenvalue weighted by Gasteiger charge is -2.33. The SMILES string of the molecule is CCCCCCCC[N+](C)(CC)Cc1ccccc1. The highest BCUT2D eigenvalue weighted by molar-refractivity contribution is 5.13. The Morgan fingerprint density at radius 1 is 0.842 bits per heavy atom. The van der Waals surface area contributed by atoms with Crippen LogP contribution >= 0.6 is 0 Å². The molecule has 0 heterocycles. The second kappa shape index (κ2) is 9.14. The molecule has 0 amide bonds. The van der Waals surface area contributed by atoms with Gasteiger partial charge in [0.25, 0.3) is 0 Å². The van der Waals surface area contributed by atoms with Crippen LogP contribution in [-0.2, 0) is 6.54 Å². The predicted octanol–water partition coefficient (Wildman–Crippen LogP) is 5.01. The van der Waals surface area contributed by atoms with Gasteiger partial charge in [-0.15, -0.1) is 0 Å². The van der Waals surface area contributed by atoms with Crippen LogP contribution in [0.5, 0.6) is 0 Å². The van der Waals surface area contributed by atoms with E-state index in [0.717, 1.165) is 0 Å². The van der Waals surface area contributed by atoms with E-state index in [1.165, 1.54) is 68.2 Å². The van der Waals surface area contributed by atoms with Crippen LogP contribution in [0.15, 0.2) is 30.3 Å². The van der Waals surface area contributed by atoms with Crippen LogP contribution in [0.25, 0.3) is 0 Å². The summed E-state index contributed by atoms with van der Waals surface area (Å²) in [6, 6.07) is 10.9. The summed E-state index contributed by atoms with van der Waals surface area (Å²) in [5.74, 6) is 0. The molecule has 0 saturated carbocycles. The summed E-state index contributed by atoms with van der Waals surface area (Å²) in [6.07, 6.45) is 8.37. The van der Waals surface area contributed by atoms with Crippen LogP contribution in [0.2, 0.25) is 0 Å². The topological polar surface area (TPSA) is 0 Å². The normalized spacial score (nSPS) is 14.3. The van der Waals surface area contributed by atoms with Crippen molar-refractivity contribution in [2.24, 2.45) is 0 Å². The fourth-order valence-corrected chi connectivity index (χ4v) is 2.65. The van der Waals surface area contributed by atoms with Gasteiger partial charge >= 0.3 is 0 Å². The molecule has 0 bridgehead atoms. The lowest BCUT2D eigenvalue weighted by Crippen LogP contribution is -2.43. The maximum atomic E-state index is 2.40. The van der Waals surface area contributed by atoms with Crippen molar-refractivity contribution in [2.75, 3.05) is 20.1 Å². The maximum absolute atomic E-state index is 2.40. The van der Waals surface area contributed by atoms with Crippen LogP contribution in [0.3, 0.4) is 0 Å². The fourth-order valence-electron chi connectivity index (χ4n) is 2.65. The number of hydrogen-bond donors (Lipinski definition) is 0. The van der Waals surface area contributed by atoms with Gasteiger partial charge in [0.05, 0.1) is 20.1 Å². The number of unbranched alkanes of at least 4 members (excludes halogenated alkanes) is 5. The Labute approximate surface area is 120 Å². The molecule has 19 heavy (non-hydrogen) atoms. The van der Waals surface area contributed by atoms with E-state index < -0.39 is 0 Å². The first-order valence-corrected chi connectivity index (χ1v) is 8.07. The molecule has 0 aliphatic heterocycles. The van der Waals surface area contributed by atoms with Gasteiger partial charge in [-0.05, 0) is 19.8 Å². The summed E-state index contributed by atoms with van der Waals surface area (Å²) in [7, 11) is 2.40. The van der Waals surface area contributed by atoms with E-state index in [1.807, 2.05) is 0 Å². The molecule has 108 valence electrons. The Bertz CT molecular complexity index is 320. The van der Waals surface area contributed by atoms with Crippen LogP contribution in [0.1, 0.15) is 57.9 Å². The minimum Gasteiger partial charge on any atom is -0.323 e. The van der Waals surface area contributed by atoms with Gasteiger partial charge in [-0.2, -0.15) is 0 Å². The van der Waals surface area contributed by atoms with Gasteiger partial charge in [0.1, 0.15) is 6.54 Å². The molecule has 1 atom stereocenters. The first kappa shape index (κ1) is 16.2.